The minimum absolute atomic E-state index is 0.0589. The van der Waals surface area contributed by atoms with Gasteiger partial charge in [-0.3, -0.25) is 4.79 Å². The van der Waals surface area contributed by atoms with Crippen LogP contribution in [0.25, 0.3) is 0 Å². The first-order valence-electron chi connectivity index (χ1n) is 8.01. The van der Waals surface area contributed by atoms with E-state index < -0.39 is 11.8 Å². The SMILES string of the molecule is COc1ccc(COC(=O)c2ccc(NC(=O)c3cccs3)cc2)cc1F. The number of benzene rings is 2. The molecule has 0 aliphatic heterocycles. The molecule has 0 saturated carbocycles. The van der Waals surface area contributed by atoms with E-state index in [9.17, 15) is 14.0 Å². The summed E-state index contributed by atoms with van der Waals surface area (Å²) >= 11 is 1.35. The highest BCUT2D eigenvalue weighted by molar-refractivity contribution is 7.12. The minimum atomic E-state index is -0.539. The Bertz CT molecular complexity index is 939. The van der Waals surface area contributed by atoms with Crippen molar-refractivity contribution in [3.05, 3.63) is 81.8 Å². The van der Waals surface area contributed by atoms with Crippen molar-refractivity contribution in [2.75, 3.05) is 12.4 Å². The molecule has 2 aromatic carbocycles. The lowest BCUT2D eigenvalue weighted by molar-refractivity contribution is 0.0472. The van der Waals surface area contributed by atoms with Gasteiger partial charge in [0.1, 0.15) is 6.61 Å². The van der Waals surface area contributed by atoms with Gasteiger partial charge >= 0.3 is 5.97 Å². The van der Waals surface area contributed by atoms with Crippen molar-refractivity contribution < 1.29 is 23.5 Å². The second kappa shape index (κ2) is 8.46. The van der Waals surface area contributed by atoms with E-state index in [1.165, 1.54) is 30.6 Å². The number of carbonyl (C=O) groups excluding carboxylic acids is 2. The molecule has 27 heavy (non-hydrogen) atoms. The number of amides is 1. The third-order valence-electron chi connectivity index (χ3n) is 3.71. The molecule has 1 N–H and O–H groups in total. The van der Waals surface area contributed by atoms with Gasteiger partial charge in [-0.15, -0.1) is 11.3 Å². The lowest BCUT2D eigenvalue weighted by Gasteiger charge is -2.08. The summed E-state index contributed by atoms with van der Waals surface area (Å²) < 4.78 is 23.7. The van der Waals surface area contributed by atoms with Crippen LogP contribution in [0.4, 0.5) is 10.1 Å². The molecule has 3 rings (SSSR count). The number of halogens is 1. The average molecular weight is 385 g/mol. The molecule has 3 aromatic rings. The van der Waals surface area contributed by atoms with Crippen molar-refractivity contribution in [3.63, 3.8) is 0 Å². The smallest absolute Gasteiger partial charge is 0.338 e. The van der Waals surface area contributed by atoms with Gasteiger partial charge in [-0.25, -0.2) is 9.18 Å². The number of rotatable bonds is 6. The third kappa shape index (κ3) is 4.71. The topological polar surface area (TPSA) is 64.6 Å². The highest BCUT2D eigenvalue weighted by Gasteiger charge is 2.11. The molecule has 0 unspecified atom stereocenters. The molecule has 0 aliphatic rings. The molecular weight excluding hydrogens is 369 g/mol. The zero-order chi connectivity index (χ0) is 19.2. The Morgan fingerprint density at radius 1 is 1.11 bits per heavy atom. The summed E-state index contributed by atoms with van der Waals surface area (Å²) in [5.74, 6) is -1.13. The zero-order valence-electron chi connectivity index (χ0n) is 14.4. The Labute approximate surface area is 159 Å². The van der Waals surface area contributed by atoms with Crippen LogP contribution in [0.2, 0.25) is 0 Å². The molecule has 1 heterocycles. The number of ether oxygens (including phenoxy) is 2. The maximum atomic E-state index is 13.6. The average Bonchev–Trinajstić information content (AvgIpc) is 3.22. The predicted octanol–water partition coefficient (Wildman–Crippen LogP) is 4.51. The van der Waals surface area contributed by atoms with Crippen molar-refractivity contribution in [1.82, 2.24) is 0 Å². The molecule has 0 spiro atoms. The standard InChI is InChI=1S/C20H16FNO4S/c1-25-17-9-4-13(11-16(17)21)12-26-20(24)14-5-7-15(8-6-14)22-19(23)18-3-2-10-27-18/h2-11H,12H2,1H3,(H,22,23). The number of anilines is 1. The molecule has 0 saturated heterocycles. The van der Waals surface area contributed by atoms with Crippen LogP contribution in [0.3, 0.4) is 0 Å². The fraction of sp³-hybridized carbons (Fsp3) is 0.100. The molecule has 1 aromatic heterocycles. The fourth-order valence-electron chi connectivity index (χ4n) is 2.32. The molecule has 5 nitrogen and oxygen atoms in total. The number of thiophene rings is 1. The summed E-state index contributed by atoms with van der Waals surface area (Å²) in [5.41, 5.74) is 1.42. The Morgan fingerprint density at radius 2 is 1.89 bits per heavy atom. The number of hydrogen-bond donors (Lipinski definition) is 1. The molecule has 0 radical (unpaired) electrons. The van der Waals surface area contributed by atoms with Gasteiger partial charge < -0.3 is 14.8 Å². The number of nitrogens with one attached hydrogen (secondary N) is 1. The van der Waals surface area contributed by atoms with Gasteiger partial charge in [0.05, 0.1) is 17.6 Å². The molecule has 1 amide bonds. The van der Waals surface area contributed by atoms with Gasteiger partial charge in [0.25, 0.3) is 5.91 Å². The molecule has 138 valence electrons. The summed E-state index contributed by atoms with van der Waals surface area (Å²) in [5, 5.41) is 4.57. The van der Waals surface area contributed by atoms with Gasteiger partial charge in [0.2, 0.25) is 0 Å². The number of carbonyl (C=O) groups is 2. The van der Waals surface area contributed by atoms with Gasteiger partial charge in [-0.1, -0.05) is 12.1 Å². The second-order valence-corrected chi connectivity index (χ2v) is 6.50. The molecule has 7 heteroatoms. The molecular formula is C20H16FNO4S. The molecule has 0 aliphatic carbocycles. The number of esters is 1. The van der Waals surface area contributed by atoms with Gasteiger partial charge in [-0.05, 0) is 53.4 Å². The first kappa shape index (κ1) is 18.6. The number of methoxy groups -OCH3 is 1. The fourth-order valence-corrected chi connectivity index (χ4v) is 2.94. The first-order valence-corrected chi connectivity index (χ1v) is 8.89. The summed E-state index contributed by atoms with van der Waals surface area (Å²) in [6, 6.07) is 14.2. The monoisotopic (exact) mass is 385 g/mol. The van der Waals surface area contributed by atoms with Crippen LogP contribution in [0, 0.1) is 5.82 Å². The quantitative estimate of drug-likeness (QED) is 0.635. The molecule has 0 fully saturated rings. The van der Waals surface area contributed by atoms with Crippen molar-refractivity contribution in [2.24, 2.45) is 0 Å². The third-order valence-corrected chi connectivity index (χ3v) is 4.58. The second-order valence-electron chi connectivity index (χ2n) is 5.55. The van der Waals surface area contributed by atoms with Crippen molar-refractivity contribution in [1.29, 1.82) is 0 Å². The van der Waals surface area contributed by atoms with Crippen molar-refractivity contribution >= 4 is 28.9 Å². The Hall–Kier alpha value is -3.19. The van der Waals surface area contributed by atoms with E-state index in [-0.39, 0.29) is 18.3 Å². The highest BCUT2D eigenvalue weighted by Crippen LogP contribution is 2.19. The van der Waals surface area contributed by atoms with Crippen LogP contribution in [0.5, 0.6) is 5.75 Å². The van der Waals surface area contributed by atoms with Crippen LogP contribution >= 0.6 is 11.3 Å². The van der Waals surface area contributed by atoms with Crippen LogP contribution in [0.15, 0.2) is 60.0 Å². The predicted molar refractivity (Wildman–Crippen MR) is 101 cm³/mol. The Kier molecular flexibility index (Phi) is 5.83. The summed E-state index contributed by atoms with van der Waals surface area (Å²) in [7, 11) is 1.38. The normalized spacial score (nSPS) is 10.3. The Balaban J connectivity index is 1.57. The van der Waals surface area contributed by atoms with Crippen molar-refractivity contribution in [2.45, 2.75) is 6.61 Å². The maximum Gasteiger partial charge on any atom is 0.338 e. The first-order chi connectivity index (χ1) is 13.1. The van der Waals surface area contributed by atoms with E-state index in [0.717, 1.165) is 0 Å². The summed E-state index contributed by atoms with van der Waals surface area (Å²) in [6.07, 6.45) is 0. The highest BCUT2D eigenvalue weighted by atomic mass is 32.1. The molecule has 0 bridgehead atoms. The Morgan fingerprint density at radius 3 is 2.52 bits per heavy atom. The van der Waals surface area contributed by atoms with E-state index in [4.69, 9.17) is 9.47 Å². The minimum Gasteiger partial charge on any atom is -0.494 e. The zero-order valence-corrected chi connectivity index (χ0v) is 15.2. The maximum absolute atomic E-state index is 13.6. The lowest BCUT2D eigenvalue weighted by Crippen LogP contribution is -2.10. The van der Waals surface area contributed by atoms with Crippen LogP contribution in [-0.4, -0.2) is 19.0 Å². The van der Waals surface area contributed by atoms with E-state index in [0.29, 0.717) is 21.7 Å². The van der Waals surface area contributed by atoms with Crippen LogP contribution in [0.1, 0.15) is 25.6 Å². The largest absolute Gasteiger partial charge is 0.494 e. The van der Waals surface area contributed by atoms with Gasteiger partial charge in [0.15, 0.2) is 11.6 Å². The van der Waals surface area contributed by atoms with E-state index >= 15 is 0 Å². The van der Waals surface area contributed by atoms with E-state index in [1.54, 1.807) is 42.5 Å². The van der Waals surface area contributed by atoms with Crippen LogP contribution < -0.4 is 10.1 Å². The van der Waals surface area contributed by atoms with E-state index in [1.807, 2.05) is 5.38 Å². The molecule has 0 atom stereocenters. The summed E-state index contributed by atoms with van der Waals surface area (Å²) in [4.78, 5) is 24.7. The van der Waals surface area contributed by atoms with Crippen molar-refractivity contribution in [3.8, 4) is 5.75 Å². The lowest BCUT2D eigenvalue weighted by atomic mass is 10.2. The summed E-state index contributed by atoms with van der Waals surface area (Å²) in [6.45, 7) is -0.0589. The van der Waals surface area contributed by atoms with Gasteiger partial charge in [0, 0.05) is 5.69 Å². The van der Waals surface area contributed by atoms with Gasteiger partial charge in [-0.2, -0.15) is 0 Å². The van der Waals surface area contributed by atoms with Crippen LogP contribution in [-0.2, 0) is 11.3 Å². The number of hydrogen-bond acceptors (Lipinski definition) is 5. The van der Waals surface area contributed by atoms with E-state index in [2.05, 4.69) is 5.32 Å².